The Labute approximate surface area is 126 Å². The Bertz CT molecular complexity index is 564. The van der Waals surface area contributed by atoms with E-state index in [9.17, 15) is 4.79 Å². The average molecular weight is 296 g/mol. The number of tetrazole rings is 1. The van der Waals surface area contributed by atoms with Gasteiger partial charge < -0.3 is 4.57 Å². The Hall–Kier alpha value is -1.92. The summed E-state index contributed by atoms with van der Waals surface area (Å²) in [6.45, 7) is 12.1. The largest absolute Gasteiger partial charge is 0.328 e. The Morgan fingerprint density at radius 2 is 1.62 bits per heavy atom. The molecule has 2 aromatic rings. The molecule has 0 bridgehead atoms. The van der Waals surface area contributed by atoms with Crippen LogP contribution in [0.15, 0.2) is 17.2 Å². The van der Waals surface area contributed by atoms with Crippen molar-refractivity contribution in [3.63, 3.8) is 0 Å². The summed E-state index contributed by atoms with van der Waals surface area (Å²) in [4.78, 5) is 12.6. The van der Waals surface area contributed by atoms with Gasteiger partial charge in [-0.3, -0.25) is 4.57 Å². The molecular formula is C14H28N6O. The molecule has 0 atom stereocenters. The minimum absolute atomic E-state index is 0.0509. The molecule has 21 heavy (non-hydrogen) atoms. The first-order valence-electron chi connectivity index (χ1n) is 7.30. The van der Waals surface area contributed by atoms with Crippen molar-refractivity contribution in [2.45, 2.75) is 53.5 Å². The van der Waals surface area contributed by atoms with E-state index in [-0.39, 0.29) is 11.7 Å². The van der Waals surface area contributed by atoms with Crippen molar-refractivity contribution in [2.75, 3.05) is 0 Å². The van der Waals surface area contributed by atoms with Gasteiger partial charge in [0.05, 0.1) is 7.05 Å². The number of nitrogens with zero attached hydrogens (tertiary/aromatic N) is 6. The maximum atomic E-state index is 11.1. The van der Waals surface area contributed by atoms with Crippen LogP contribution in [0, 0.1) is 0 Å². The van der Waals surface area contributed by atoms with Crippen LogP contribution in [-0.4, -0.2) is 29.3 Å². The lowest BCUT2D eigenvalue weighted by Crippen LogP contribution is -2.23. The molecule has 0 aliphatic carbocycles. The third-order valence-electron chi connectivity index (χ3n) is 2.57. The molecule has 0 radical (unpaired) electrons. The van der Waals surface area contributed by atoms with Gasteiger partial charge in [0.1, 0.15) is 0 Å². The molecule has 0 aromatic carbocycles. The van der Waals surface area contributed by atoms with E-state index < -0.39 is 0 Å². The van der Waals surface area contributed by atoms with Crippen LogP contribution in [0.4, 0.5) is 0 Å². The fourth-order valence-corrected chi connectivity index (χ4v) is 1.40. The fourth-order valence-electron chi connectivity index (χ4n) is 1.40. The van der Waals surface area contributed by atoms with E-state index in [2.05, 4.69) is 15.4 Å². The highest BCUT2D eigenvalue weighted by molar-refractivity contribution is 4.84. The second-order valence-corrected chi connectivity index (χ2v) is 4.98. The molecule has 0 aliphatic rings. The van der Waals surface area contributed by atoms with E-state index in [1.54, 1.807) is 35.6 Å². The van der Waals surface area contributed by atoms with Crippen molar-refractivity contribution >= 4 is 0 Å². The summed E-state index contributed by atoms with van der Waals surface area (Å²) in [5.41, 5.74) is 0.0509. The number of hydrogen-bond acceptors (Lipinski definition) is 4. The van der Waals surface area contributed by atoms with Crippen LogP contribution < -0.4 is 5.69 Å². The smallest absolute Gasteiger partial charge is 0.302 e. The zero-order valence-corrected chi connectivity index (χ0v) is 14.4. The molecule has 0 spiro atoms. The normalized spacial score (nSPS) is 10.0. The summed E-state index contributed by atoms with van der Waals surface area (Å²) < 4.78 is 3.26. The monoisotopic (exact) mass is 296 g/mol. The van der Waals surface area contributed by atoms with Gasteiger partial charge in [0.15, 0.2) is 5.82 Å². The van der Waals surface area contributed by atoms with Gasteiger partial charge in [0.2, 0.25) is 0 Å². The second-order valence-electron chi connectivity index (χ2n) is 4.98. The molecule has 7 nitrogen and oxygen atoms in total. The van der Waals surface area contributed by atoms with E-state index in [4.69, 9.17) is 0 Å². The van der Waals surface area contributed by atoms with Crippen molar-refractivity contribution < 1.29 is 0 Å². The Morgan fingerprint density at radius 3 is 1.81 bits per heavy atom. The number of aryl methyl sites for hydroxylation is 2. The van der Waals surface area contributed by atoms with E-state index in [1.807, 2.05) is 41.5 Å². The van der Waals surface area contributed by atoms with Gasteiger partial charge in [0, 0.05) is 31.4 Å². The minimum Gasteiger partial charge on any atom is -0.302 e. The van der Waals surface area contributed by atoms with Gasteiger partial charge in [-0.05, 0) is 19.1 Å². The van der Waals surface area contributed by atoms with Crippen molar-refractivity contribution in [2.24, 2.45) is 14.1 Å². The van der Waals surface area contributed by atoms with Crippen molar-refractivity contribution in [1.29, 1.82) is 0 Å². The molecule has 120 valence electrons. The number of imidazole rings is 1. The standard InChI is InChI=1S/C7H12N2O.C5H10N4.C2H6/c1-6(2)9-5-4-8(3)7(9)10;1-4(2)5-6-8-9(3)7-5;1-2/h4-6H,1-3H3;4H,1-3H3;1-2H3. The summed E-state index contributed by atoms with van der Waals surface area (Å²) in [6, 6.07) is 0.258. The first-order chi connectivity index (χ1) is 9.82. The molecule has 0 N–H and O–H groups in total. The Morgan fingerprint density at radius 1 is 1.05 bits per heavy atom. The molecule has 0 aliphatic heterocycles. The van der Waals surface area contributed by atoms with Gasteiger partial charge in [-0.2, -0.15) is 4.80 Å². The summed E-state index contributed by atoms with van der Waals surface area (Å²) in [6.07, 6.45) is 3.56. The Balaban J connectivity index is 0.000000342. The third-order valence-corrected chi connectivity index (χ3v) is 2.57. The molecule has 2 aromatic heterocycles. The van der Waals surface area contributed by atoms with Crippen molar-refractivity contribution in [1.82, 2.24) is 29.3 Å². The van der Waals surface area contributed by atoms with Crippen molar-refractivity contribution in [3.05, 3.63) is 28.7 Å². The number of rotatable bonds is 2. The van der Waals surface area contributed by atoms with E-state index in [0.717, 1.165) is 5.82 Å². The highest BCUT2D eigenvalue weighted by Crippen LogP contribution is 2.04. The molecule has 0 saturated carbocycles. The highest BCUT2D eigenvalue weighted by Gasteiger charge is 2.03. The second kappa shape index (κ2) is 9.10. The molecule has 0 saturated heterocycles. The summed E-state index contributed by atoms with van der Waals surface area (Å²) >= 11 is 0. The van der Waals surface area contributed by atoms with Crippen LogP contribution >= 0.6 is 0 Å². The van der Waals surface area contributed by atoms with Gasteiger partial charge in [-0.1, -0.05) is 27.7 Å². The minimum atomic E-state index is 0.0509. The first-order valence-corrected chi connectivity index (χ1v) is 7.30. The molecular weight excluding hydrogens is 268 g/mol. The summed E-state index contributed by atoms with van der Waals surface area (Å²) in [7, 11) is 3.51. The SMILES string of the molecule is CC.CC(C)c1nnn(C)n1.CC(C)n1ccn(C)c1=O. The summed E-state index contributed by atoms with van der Waals surface area (Å²) in [5.74, 6) is 1.18. The van der Waals surface area contributed by atoms with E-state index in [0.29, 0.717) is 5.92 Å². The fraction of sp³-hybridized carbons (Fsp3) is 0.714. The van der Waals surface area contributed by atoms with Crippen molar-refractivity contribution in [3.8, 4) is 0 Å². The van der Waals surface area contributed by atoms with Crippen LogP contribution in [-0.2, 0) is 14.1 Å². The van der Waals surface area contributed by atoms with Gasteiger partial charge in [0.25, 0.3) is 0 Å². The van der Waals surface area contributed by atoms with Crippen LogP contribution in [0.2, 0.25) is 0 Å². The van der Waals surface area contributed by atoms with Crippen LogP contribution in [0.25, 0.3) is 0 Å². The lowest BCUT2D eigenvalue weighted by molar-refractivity contribution is 0.567. The zero-order valence-electron chi connectivity index (χ0n) is 14.4. The molecule has 0 amide bonds. The Kier molecular flexibility index (Phi) is 8.26. The van der Waals surface area contributed by atoms with E-state index >= 15 is 0 Å². The predicted octanol–water partition coefficient (Wildman–Crippen LogP) is 2.13. The number of aromatic nitrogens is 6. The summed E-state index contributed by atoms with van der Waals surface area (Å²) in [5, 5.41) is 11.5. The molecule has 7 heteroatoms. The topological polar surface area (TPSA) is 70.5 Å². The van der Waals surface area contributed by atoms with Gasteiger partial charge in [-0.25, -0.2) is 4.79 Å². The predicted molar refractivity (Wildman–Crippen MR) is 84.3 cm³/mol. The highest BCUT2D eigenvalue weighted by atomic mass is 16.1. The van der Waals surface area contributed by atoms with Crippen LogP contribution in [0.5, 0.6) is 0 Å². The molecule has 2 rings (SSSR count). The molecule has 0 fully saturated rings. The van der Waals surface area contributed by atoms with E-state index in [1.165, 1.54) is 4.80 Å². The quantitative estimate of drug-likeness (QED) is 0.851. The lowest BCUT2D eigenvalue weighted by atomic mass is 10.2. The maximum absolute atomic E-state index is 11.1. The zero-order chi connectivity index (χ0) is 16.6. The first kappa shape index (κ1) is 19.1. The van der Waals surface area contributed by atoms with Gasteiger partial charge >= 0.3 is 5.69 Å². The van der Waals surface area contributed by atoms with Crippen LogP contribution in [0.3, 0.4) is 0 Å². The molecule has 0 unspecified atom stereocenters. The third kappa shape index (κ3) is 5.93. The van der Waals surface area contributed by atoms with Crippen LogP contribution in [0.1, 0.15) is 59.3 Å². The number of hydrogen-bond donors (Lipinski definition) is 0. The average Bonchev–Trinajstić information content (AvgIpc) is 3.01. The maximum Gasteiger partial charge on any atom is 0.328 e. The van der Waals surface area contributed by atoms with Gasteiger partial charge in [-0.15, -0.1) is 10.2 Å². The lowest BCUT2D eigenvalue weighted by Gasteiger charge is -2.02. The molecule has 2 heterocycles.